The normalized spacial score (nSPS) is 12.2. The van der Waals surface area contributed by atoms with Crippen LogP contribution < -0.4 is 21.3 Å². The fourth-order valence-electron chi connectivity index (χ4n) is 13.0. The van der Waals surface area contributed by atoms with Gasteiger partial charge in [-0.2, -0.15) is 0 Å². The average Bonchev–Trinajstić information content (AvgIpc) is 0.798. The molecule has 8 aromatic carbocycles. The first-order chi connectivity index (χ1) is 50.4. The first kappa shape index (κ1) is 70.9. The summed E-state index contributed by atoms with van der Waals surface area (Å²) in [6.45, 7) is 7.47. The van der Waals surface area contributed by atoms with E-state index in [1.54, 1.807) is 48.5 Å². The van der Waals surface area contributed by atoms with Gasteiger partial charge in [0.2, 0.25) is 23.6 Å². The van der Waals surface area contributed by atoms with Crippen molar-refractivity contribution >= 4 is 74.4 Å². The number of amides is 4. The zero-order valence-electron chi connectivity index (χ0n) is 57.8. The van der Waals surface area contributed by atoms with Gasteiger partial charge < -0.3 is 26.4 Å². The Balaban J connectivity index is 0.000000123. The fraction of sp³-hybridized carbons (Fsp3) is 0.190. The van der Waals surface area contributed by atoms with Crippen LogP contribution in [0.25, 0.3) is 45.0 Å². The second-order valence-electron chi connectivity index (χ2n) is 25.9. The zero-order valence-corrected chi connectivity index (χ0v) is 60.1. The number of aryl methyl sites for hydroxylation is 12. The highest BCUT2D eigenvalue weighted by atomic mass is 79.9. The molecular weight excluding hydrogens is 1390 g/mol. The number of hydrogen-bond acceptors (Lipinski definition) is 13. The monoisotopic (exact) mass is 1460 g/mol. The molecule has 0 radical (unpaired) electrons. The predicted octanol–water partition coefficient (Wildman–Crippen LogP) is 16.2. The molecule has 0 saturated carbocycles. The zero-order chi connectivity index (χ0) is 72.4. The Morgan fingerprint density at radius 2 is 0.606 bits per heavy atom. The molecule has 0 atom stereocenters. The number of fused-ring (bicyclic) bond motifs is 12. The fourth-order valence-corrected chi connectivity index (χ4v) is 13.4. The smallest absolute Gasteiger partial charge is 0.229 e. The van der Waals surface area contributed by atoms with Crippen LogP contribution in [0.4, 0.5) is 27.7 Å². The van der Waals surface area contributed by atoms with Gasteiger partial charge in [-0.05, 0) is 172 Å². The lowest BCUT2D eigenvalue weighted by Gasteiger charge is -2.20. The van der Waals surface area contributed by atoms with E-state index in [2.05, 4.69) is 108 Å². The maximum Gasteiger partial charge on any atom is 0.229 e. The molecule has 16 rings (SSSR count). The highest BCUT2D eigenvalue weighted by Gasteiger charge is 2.26. The molecule has 4 heterocycles. The number of nitrogens with zero attached hydrogens (tertiary/aromatic N) is 8. The van der Waals surface area contributed by atoms with E-state index < -0.39 is 0 Å². The second-order valence-corrected chi connectivity index (χ2v) is 27.2. The van der Waals surface area contributed by atoms with E-state index in [4.69, 9.17) is 41.5 Å². The molecule has 4 aliphatic carbocycles. The molecule has 12 aromatic rings. The standard InChI is InChI=1S/C21H18BrN3O.C21H18ClN3O.C21H18FN3O.C21H19N3O2/c3*1-13-21(25-19(26)12-14-6-9-16(22)10-7-14)24-18-11-8-15-4-2-3-5-17(15)20(18)23-13;1-13-21(24-19(26)12-14-6-9-16(25)10-7-14)23-18-11-8-15-4-2-3-5-17(15)20(18)22-13/h3*2-7,9-10H,8,11-12H2,1H3,(H,24,25,26);2-7,9-10,25H,8,11-12H2,1H3,(H,23,24,26). The molecule has 0 fully saturated rings. The number of aromatic nitrogens is 8. The quantitative estimate of drug-likeness (QED) is 0.0766. The molecule has 20 heteroatoms. The van der Waals surface area contributed by atoms with Crippen LogP contribution in [0.5, 0.6) is 5.75 Å². The Hall–Kier alpha value is -11.5. The molecular formula is C84H73BrClFN12O5. The summed E-state index contributed by atoms with van der Waals surface area (Å²) >= 11 is 9.29. The average molecular weight is 1460 g/mol. The van der Waals surface area contributed by atoms with Crippen LogP contribution in [0.1, 0.15) is 90.1 Å². The summed E-state index contributed by atoms with van der Waals surface area (Å²) < 4.78 is 14.0. The molecule has 0 saturated heterocycles. The number of phenols is 1. The van der Waals surface area contributed by atoms with Gasteiger partial charge in [-0.3, -0.25) is 19.2 Å². The highest BCUT2D eigenvalue weighted by molar-refractivity contribution is 9.10. The topological polar surface area (TPSA) is 240 Å². The maximum absolute atomic E-state index is 13.0. The first-order valence-electron chi connectivity index (χ1n) is 34.4. The minimum atomic E-state index is -0.314. The van der Waals surface area contributed by atoms with Crippen molar-refractivity contribution in [2.45, 2.75) is 105 Å². The van der Waals surface area contributed by atoms with Crippen molar-refractivity contribution in [3.63, 3.8) is 0 Å². The van der Waals surface area contributed by atoms with Crippen LogP contribution in [0.3, 0.4) is 0 Å². The number of rotatable bonds is 12. The molecule has 520 valence electrons. The van der Waals surface area contributed by atoms with Crippen molar-refractivity contribution in [2.75, 3.05) is 21.3 Å². The molecule has 4 aliphatic rings. The molecule has 104 heavy (non-hydrogen) atoms. The number of halogens is 3. The Bertz CT molecular complexity index is 4590. The van der Waals surface area contributed by atoms with Crippen LogP contribution in [0.2, 0.25) is 5.02 Å². The first-order valence-corrected chi connectivity index (χ1v) is 35.6. The second kappa shape index (κ2) is 32.2. The third-order valence-corrected chi connectivity index (χ3v) is 19.1. The van der Waals surface area contributed by atoms with Gasteiger partial charge >= 0.3 is 0 Å². The predicted molar refractivity (Wildman–Crippen MR) is 408 cm³/mol. The van der Waals surface area contributed by atoms with Gasteiger partial charge in [-0.15, -0.1) is 0 Å². The lowest BCUT2D eigenvalue weighted by atomic mass is 9.92. The largest absolute Gasteiger partial charge is 0.508 e. The van der Waals surface area contributed by atoms with Gasteiger partial charge in [0, 0.05) is 31.7 Å². The van der Waals surface area contributed by atoms with Crippen LogP contribution in [-0.2, 0) is 96.2 Å². The summed E-state index contributed by atoms with van der Waals surface area (Å²) in [4.78, 5) is 87.0. The minimum absolute atomic E-state index is 0.0825. The van der Waals surface area contributed by atoms with Gasteiger partial charge in [0.05, 0.1) is 94.0 Å². The van der Waals surface area contributed by atoms with E-state index in [1.165, 1.54) is 34.4 Å². The maximum atomic E-state index is 13.0. The van der Waals surface area contributed by atoms with Crippen molar-refractivity contribution in [3.8, 4) is 50.8 Å². The van der Waals surface area contributed by atoms with E-state index in [0.29, 0.717) is 46.1 Å². The summed E-state index contributed by atoms with van der Waals surface area (Å²) in [5, 5.41) is 21.5. The number of carbonyl (C=O) groups is 4. The third kappa shape index (κ3) is 17.3. The lowest BCUT2D eigenvalue weighted by molar-refractivity contribution is -0.116. The van der Waals surface area contributed by atoms with Crippen LogP contribution >= 0.6 is 27.5 Å². The minimum Gasteiger partial charge on any atom is -0.508 e. The number of phenolic OH excluding ortho intramolecular Hbond substituents is 1. The molecule has 17 nitrogen and oxygen atoms in total. The van der Waals surface area contributed by atoms with Crippen molar-refractivity contribution in [1.82, 2.24) is 39.9 Å². The number of anilines is 4. The number of benzene rings is 8. The van der Waals surface area contributed by atoms with Gasteiger partial charge in [-0.1, -0.05) is 173 Å². The summed E-state index contributed by atoms with van der Waals surface area (Å²) in [6, 6.07) is 60.6. The Labute approximate surface area is 615 Å². The summed E-state index contributed by atoms with van der Waals surface area (Å²) in [5.74, 6) is 1.46. The van der Waals surface area contributed by atoms with E-state index in [1.807, 2.05) is 100 Å². The molecule has 4 amide bonds. The van der Waals surface area contributed by atoms with Crippen molar-refractivity contribution in [2.24, 2.45) is 0 Å². The number of aromatic hydroxyl groups is 1. The van der Waals surface area contributed by atoms with E-state index in [9.17, 15) is 28.7 Å². The van der Waals surface area contributed by atoms with Crippen LogP contribution in [0, 0.1) is 33.5 Å². The van der Waals surface area contributed by atoms with Gasteiger partial charge in [0.25, 0.3) is 0 Å². The molecule has 0 spiro atoms. The number of nitrogens with one attached hydrogen (secondary N) is 4. The van der Waals surface area contributed by atoms with Gasteiger partial charge in [-0.25, -0.2) is 44.3 Å². The summed E-state index contributed by atoms with van der Waals surface area (Å²) in [7, 11) is 0. The molecule has 4 aromatic heterocycles. The Morgan fingerprint density at radius 3 is 0.894 bits per heavy atom. The van der Waals surface area contributed by atoms with Crippen molar-refractivity contribution in [1.29, 1.82) is 0 Å². The number of hydrogen-bond donors (Lipinski definition) is 5. The molecule has 5 N–H and O–H groups in total. The van der Waals surface area contributed by atoms with E-state index in [0.717, 1.165) is 157 Å². The molecule has 0 aliphatic heterocycles. The van der Waals surface area contributed by atoms with Crippen LogP contribution in [-0.4, -0.2) is 68.6 Å². The lowest BCUT2D eigenvalue weighted by Crippen LogP contribution is -2.19. The van der Waals surface area contributed by atoms with E-state index in [-0.39, 0.29) is 54.5 Å². The highest BCUT2D eigenvalue weighted by Crippen LogP contribution is 2.37. The van der Waals surface area contributed by atoms with Crippen molar-refractivity contribution < 1.29 is 28.7 Å². The van der Waals surface area contributed by atoms with Crippen molar-refractivity contribution in [3.05, 3.63) is 299 Å². The molecule has 0 unspecified atom stereocenters. The number of carbonyl (C=O) groups excluding carboxylic acids is 4. The summed E-state index contributed by atoms with van der Waals surface area (Å²) in [6.07, 6.45) is 8.03. The van der Waals surface area contributed by atoms with Crippen LogP contribution in [0.15, 0.2) is 199 Å². The van der Waals surface area contributed by atoms with E-state index >= 15 is 0 Å². The van der Waals surface area contributed by atoms with Gasteiger partial charge in [0.1, 0.15) is 11.6 Å². The Kier molecular flexibility index (Phi) is 21.9. The van der Waals surface area contributed by atoms with Gasteiger partial charge in [0.15, 0.2) is 23.3 Å². The Morgan fingerprint density at radius 1 is 0.356 bits per heavy atom. The third-order valence-electron chi connectivity index (χ3n) is 18.3. The summed E-state index contributed by atoms with van der Waals surface area (Å²) in [5.41, 5.74) is 23.4. The molecule has 0 bridgehead atoms. The SMILES string of the molecule is Cc1nc2c(nc1NC(=O)Cc1ccc(Br)cc1)CCc1ccccc1-2.Cc1nc2c(nc1NC(=O)Cc1ccc(Cl)cc1)CCc1ccccc1-2.Cc1nc2c(nc1NC(=O)Cc1ccc(F)cc1)CCc1ccccc1-2.Cc1nc2c(nc1NC(=O)Cc1ccc(O)cc1)CCc1ccccc1-2.